The summed E-state index contributed by atoms with van der Waals surface area (Å²) in [6, 6.07) is 2.28. The molecular formula is C22H27F6N5O4. The SMILES string of the molecule is O=C1NNCC(OC[C@@H]2CC[C@H](CC(=O)N3CCN(c4ccc(C(F)(F)F)cn4)CC3)O2)C1C(F)(F)F. The summed E-state index contributed by atoms with van der Waals surface area (Å²) in [4.78, 5) is 31.7. The molecule has 0 aliphatic carbocycles. The summed E-state index contributed by atoms with van der Waals surface area (Å²) < 4.78 is 89.0. The van der Waals surface area contributed by atoms with E-state index in [-0.39, 0.29) is 25.5 Å². The summed E-state index contributed by atoms with van der Waals surface area (Å²) in [7, 11) is 0. The van der Waals surface area contributed by atoms with Crippen LogP contribution in [-0.2, 0) is 25.2 Å². The summed E-state index contributed by atoms with van der Waals surface area (Å²) in [5, 5.41) is 0. The average molecular weight is 539 g/mol. The third kappa shape index (κ3) is 6.82. The molecule has 2 amide bonds. The van der Waals surface area contributed by atoms with E-state index in [1.54, 1.807) is 9.80 Å². The zero-order valence-corrected chi connectivity index (χ0v) is 19.6. The van der Waals surface area contributed by atoms with E-state index in [0.29, 0.717) is 44.8 Å². The van der Waals surface area contributed by atoms with Gasteiger partial charge in [0.25, 0.3) is 0 Å². The van der Waals surface area contributed by atoms with Crippen LogP contribution in [0.1, 0.15) is 24.8 Å². The molecule has 2 unspecified atom stereocenters. The minimum absolute atomic E-state index is 0.105. The Morgan fingerprint density at radius 3 is 2.41 bits per heavy atom. The van der Waals surface area contributed by atoms with E-state index in [2.05, 4.69) is 10.4 Å². The van der Waals surface area contributed by atoms with Crippen LogP contribution >= 0.6 is 0 Å². The summed E-state index contributed by atoms with van der Waals surface area (Å²) in [5.74, 6) is -3.21. The number of anilines is 1. The largest absolute Gasteiger partial charge is 0.417 e. The van der Waals surface area contributed by atoms with Crippen molar-refractivity contribution in [2.75, 3.05) is 44.2 Å². The molecule has 206 valence electrons. The van der Waals surface area contributed by atoms with E-state index >= 15 is 0 Å². The van der Waals surface area contributed by atoms with Gasteiger partial charge in [-0.25, -0.2) is 10.4 Å². The van der Waals surface area contributed by atoms with Crippen molar-refractivity contribution in [2.45, 2.75) is 49.9 Å². The maximum Gasteiger partial charge on any atom is 0.417 e. The normalized spacial score (nSPS) is 27.4. The number of nitrogens with zero attached hydrogens (tertiary/aromatic N) is 3. The van der Waals surface area contributed by atoms with Gasteiger partial charge in [0.05, 0.1) is 36.9 Å². The second-order valence-electron chi connectivity index (χ2n) is 9.19. The molecule has 37 heavy (non-hydrogen) atoms. The predicted octanol–water partition coefficient (Wildman–Crippen LogP) is 1.88. The number of carbonyl (C=O) groups is 2. The monoisotopic (exact) mass is 539 g/mol. The first-order chi connectivity index (χ1) is 17.4. The van der Waals surface area contributed by atoms with Crippen molar-refractivity contribution in [3.63, 3.8) is 0 Å². The number of halogens is 6. The number of alkyl halides is 6. The fourth-order valence-corrected chi connectivity index (χ4v) is 4.65. The summed E-state index contributed by atoms with van der Waals surface area (Å²) >= 11 is 0. The second kappa shape index (κ2) is 11.0. The van der Waals surface area contributed by atoms with Crippen LogP contribution in [0.2, 0.25) is 0 Å². The van der Waals surface area contributed by atoms with E-state index in [0.717, 1.165) is 12.3 Å². The molecule has 2 N–H and O–H groups in total. The van der Waals surface area contributed by atoms with Gasteiger partial charge in [0.2, 0.25) is 11.8 Å². The van der Waals surface area contributed by atoms with E-state index in [4.69, 9.17) is 9.47 Å². The average Bonchev–Trinajstić information content (AvgIpc) is 3.28. The summed E-state index contributed by atoms with van der Waals surface area (Å²) in [6.07, 6.45) is -9.53. The Hall–Kier alpha value is -2.65. The minimum Gasteiger partial charge on any atom is -0.373 e. The number of hydrogen-bond donors (Lipinski definition) is 2. The molecular weight excluding hydrogens is 512 g/mol. The third-order valence-electron chi connectivity index (χ3n) is 6.65. The Kier molecular flexibility index (Phi) is 8.14. The zero-order chi connectivity index (χ0) is 26.8. The van der Waals surface area contributed by atoms with Crippen molar-refractivity contribution in [3.8, 4) is 0 Å². The van der Waals surface area contributed by atoms with Gasteiger partial charge >= 0.3 is 12.4 Å². The molecule has 0 aromatic carbocycles. The number of amides is 2. The number of carbonyl (C=O) groups excluding carboxylic acids is 2. The van der Waals surface area contributed by atoms with Gasteiger partial charge < -0.3 is 19.3 Å². The first-order valence-electron chi connectivity index (χ1n) is 11.8. The lowest BCUT2D eigenvalue weighted by Gasteiger charge is -2.36. The first kappa shape index (κ1) is 27.4. The number of aromatic nitrogens is 1. The van der Waals surface area contributed by atoms with Crippen LogP contribution in [0.4, 0.5) is 32.2 Å². The standard InChI is InChI=1S/C22H27F6N5O4/c23-21(24,25)13-1-4-17(29-10-13)32-5-7-33(8-6-32)18(34)9-14-2-3-15(37-14)12-36-16-11-30-31-20(35)19(16)22(26,27)28/h1,4,10,14-16,19,30H,2-3,5-9,11-12H2,(H,31,35)/t14-,15+,16?,19?/m1/s1. The second-order valence-corrected chi connectivity index (χ2v) is 9.19. The van der Waals surface area contributed by atoms with Crippen LogP contribution in [0.3, 0.4) is 0 Å². The van der Waals surface area contributed by atoms with Gasteiger partial charge in [-0.15, -0.1) is 0 Å². The number of hydrogen-bond acceptors (Lipinski definition) is 7. The Labute approximate surface area is 208 Å². The van der Waals surface area contributed by atoms with Gasteiger partial charge in [-0.1, -0.05) is 0 Å². The summed E-state index contributed by atoms with van der Waals surface area (Å²) in [6.45, 7) is 1.24. The van der Waals surface area contributed by atoms with Gasteiger partial charge in [0.1, 0.15) is 5.82 Å². The topological polar surface area (TPSA) is 96.0 Å². The smallest absolute Gasteiger partial charge is 0.373 e. The Morgan fingerprint density at radius 1 is 1.08 bits per heavy atom. The molecule has 0 radical (unpaired) electrons. The van der Waals surface area contributed by atoms with Gasteiger partial charge in [0.15, 0.2) is 5.92 Å². The molecule has 9 nitrogen and oxygen atoms in total. The fourth-order valence-electron chi connectivity index (χ4n) is 4.65. The van der Waals surface area contributed by atoms with E-state index in [1.165, 1.54) is 6.07 Å². The maximum atomic E-state index is 13.2. The summed E-state index contributed by atoms with van der Waals surface area (Å²) in [5.41, 5.74) is 3.53. The number of ether oxygens (including phenoxy) is 2. The molecule has 15 heteroatoms. The molecule has 4 rings (SSSR count). The van der Waals surface area contributed by atoms with Gasteiger partial charge in [-0.05, 0) is 25.0 Å². The van der Waals surface area contributed by atoms with Gasteiger partial charge in [-0.3, -0.25) is 15.0 Å². The number of nitrogens with one attached hydrogen (secondary N) is 2. The number of pyridine rings is 1. The van der Waals surface area contributed by atoms with Crippen molar-refractivity contribution >= 4 is 17.6 Å². The van der Waals surface area contributed by atoms with Crippen LogP contribution in [-0.4, -0.2) is 85.5 Å². The Morgan fingerprint density at radius 2 is 1.78 bits per heavy atom. The molecule has 0 spiro atoms. The highest BCUT2D eigenvalue weighted by Crippen LogP contribution is 2.33. The van der Waals surface area contributed by atoms with Crippen molar-refractivity contribution in [1.82, 2.24) is 20.7 Å². The maximum absolute atomic E-state index is 13.2. The highest BCUT2D eigenvalue weighted by atomic mass is 19.4. The van der Waals surface area contributed by atoms with Crippen LogP contribution in [0.15, 0.2) is 18.3 Å². The minimum atomic E-state index is -4.74. The molecule has 3 saturated heterocycles. The molecule has 0 saturated carbocycles. The van der Waals surface area contributed by atoms with Crippen molar-refractivity contribution in [3.05, 3.63) is 23.9 Å². The third-order valence-corrected chi connectivity index (χ3v) is 6.65. The first-order valence-corrected chi connectivity index (χ1v) is 11.8. The lowest BCUT2D eigenvalue weighted by Crippen LogP contribution is -2.60. The molecule has 3 aliphatic rings. The zero-order valence-electron chi connectivity index (χ0n) is 19.6. The molecule has 4 atom stereocenters. The molecule has 0 bridgehead atoms. The van der Waals surface area contributed by atoms with Crippen LogP contribution in [0.5, 0.6) is 0 Å². The van der Waals surface area contributed by atoms with E-state index in [9.17, 15) is 35.9 Å². The number of piperazine rings is 1. The predicted molar refractivity (Wildman–Crippen MR) is 116 cm³/mol. The molecule has 4 heterocycles. The van der Waals surface area contributed by atoms with Gasteiger partial charge in [0, 0.05) is 38.9 Å². The van der Waals surface area contributed by atoms with E-state index < -0.39 is 48.1 Å². The lowest BCUT2D eigenvalue weighted by molar-refractivity contribution is -0.215. The van der Waals surface area contributed by atoms with Crippen LogP contribution < -0.4 is 15.8 Å². The lowest BCUT2D eigenvalue weighted by atomic mass is 9.99. The van der Waals surface area contributed by atoms with Crippen LogP contribution in [0.25, 0.3) is 0 Å². The van der Waals surface area contributed by atoms with Crippen molar-refractivity contribution in [2.24, 2.45) is 5.92 Å². The molecule has 3 fully saturated rings. The highest BCUT2D eigenvalue weighted by molar-refractivity contribution is 5.80. The fraction of sp³-hybridized carbons (Fsp3) is 0.682. The quantitative estimate of drug-likeness (QED) is 0.534. The molecule has 1 aromatic rings. The van der Waals surface area contributed by atoms with Crippen LogP contribution in [0, 0.1) is 5.92 Å². The number of hydrazine groups is 1. The molecule has 1 aromatic heterocycles. The van der Waals surface area contributed by atoms with Crippen molar-refractivity contribution < 1.29 is 45.4 Å². The molecule has 3 aliphatic heterocycles. The van der Waals surface area contributed by atoms with Gasteiger partial charge in [-0.2, -0.15) is 26.3 Å². The highest BCUT2D eigenvalue weighted by Gasteiger charge is 2.52. The Bertz CT molecular complexity index is 952. The Balaban J connectivity index is 1.20. The van der Waals surface area contributed by atoms with Crippen molar-refractivity contribution in [1.29, 1.82) is 0 Å². The van der Waals surface area contributed by atoms with E-state index in [1.807, 2.05) is 5.43 Å². The number of rotatable bonds is 6.